The summed E-state index contributed by atoms with van der Waals surface area (Å²) in [6.45, 7) is 1.82. The number of aromatic nitrogens is 3. The first-order valence-electron chi connectivity index (χ1n) is 4.89. The summed E-state index contributed by atoms with van der Waals surface area (Å²) in [5.74, 6) is 0.374. The van der Waals surface area contributed by atoms with Crippen molar-refractivity contribution >= 4 is 0 Å². The van der Waals surface area contributed by atoms with Gasteiger partial charge in [0.25, 0.3) is 0 Å². The summed E-state index contributed by atoms with van der Waals surface area (Å²) in [7, 11) is 0. The van der Waals surface area contributed by atoms with Gasteiger partial charge >= 0.3 is 0 Å². The maximum Gasteiger partial charge on any atom is 0.125 e. The Balaban J connectivity index is 2.38. The molecule has 2 aromatic heterocycles. The Morgan fingerprint density at radius 2 is 1.75 bits per heavy atom. The molecule has 4 heteroatoms. The number of nitrogens with zero attached hydrogens (tertiary/aromatic N) is 4. The molecule has 0 N–H and O–H groups in total. The van der Waals surface area contributed by atoms with Gasteiger partial charge in [-0.2, -0.15) is 5.26 Å². The van der Waals surface area contributed by atoms with Crippen LogP contribution in [-0.4, -0.2) is 15.0 Å². The third kappa shape index (κ3) is 2.04. The molecule has 0 spiro atoms. The Kier molecular flexibility index (Phi) is 2.88. The van der Waals surface area contributed by atoms with Gasteiger partial charge in [-0.15, -0.1) is 0 Å². The Bertz CT molecular complexity index is 499. The highest BCUT2D eigenvalue weighted by molar-refractivity contribution is 5.34. The summed E-state index contributed by atoms with van der Waals surface area (Å²) in [5, 5.41) is 9.18. The lowest BCUT2D eigenvalue weighted by Gasteiger charge is -2.08. The van der Waals surface area contributed by atoms with Crippen molar-refractivity contribution in [3.63, 3.8) is 0 Å². The summed E-state index contributed by atoms with van der Waals surface area (Å²) in [6, 6.07) is 5.90. The Labute approximate surface area is 93.6 Å². The van der Waals surface area contributed by atoms with E-state index in [2.05, 4.69) is 21.0 Å². The van der Waals surface area contributed by atoms with Crippen molar-refractivity contribution < 1.29 is 0 Å². The zero-order chi connectivity index (χ0) is 11.4. The Morgan fingerprint density at radius 1 is 1.12 bits per heavy atom. The summed E-state index contributed by atoms with van der Waals surface area (Å²) < 4.78 is 0. The second kappa shape index (κ2) is 4.49. The average Bonchev–Trinajstić information content (AvgIpc) is 2.34. The van der Waals surface area contributed by atoms with E-state index in [1.54, 1.807) is 24.8 Å². The van der Waals surface area contributed by atoms with Crippen molar-refractivity contribution in [1.29, 1.82) is 5.26 Å². The van der Waals surface area contributed by atoms with Crippen LogP contribution in [-0.2, 0) is 0 Å². The van der Waals surface area contributed by atoms with Crippen molar-refractivity contribution in [1.82, 2.24) is 15.0 Å². The minimum absolute atomic E-state index is 0.330. The van der Waals surface area contributed by atoms with E-state index in [4.69, 9.17) is 0 Å². The molecule has 2 aromatic rings. The van der Waals surface area contributed by atoms with Gasteiger partial charge in [-0.3, -0.25) is 4.98 Å². The lowest BCUT2D eigenvalue weighted by Crippen LogP contribution is -2.00. The van der Waals surface area contributed by atoms with E-state index in [1.807, 2.05) is 19.1 Å². The molecule has 1 atom stereocenters. The fraction of sp³-hybridized carbons (Fsp3) is 0.167. The first kappa shape index (κ1) is 10.2. The largest absolute Gasteiger partial charge is 0.265 e. The van der Waals surface area contributed by atoms with Crippen molar-refractivity contribution in [2.24, 2.45) is 0 Å². The van der Waals surface area contributed by atoms with Gasteiger partial charge in [0, 0.05) is 30.4 Å². The molecule has 0 aliphatic carbocycles. The molecular formula is C12H10N4. The van der Waals surface area contributed by atoms with Gasteiger partial charge in [-0.05, 0) is 24.6 Å². The fourth-order valence-electron chi connectivity index (χ4n) is 1.45. The molecule has 4 nitrogen and oxygen atoms in total. The zero-order valence-electron chi connectivity index (χ0n) is 8.83. The first-order chi connectivity index (χ1) is 7.81. The maximum atomic E-state index is 9.18. The predicted molar refractivity (Wildman–Crippen MR) is 58.5 cm³/mol. The van der Waals surface area contributed by atoms with E-state index in [0.717, 1.165) is 11.1 Å². The van der Waals surface area contributed by atoms with E-state index in [0.29, 0.717) is 5.82 Å². The number of rotatable bonds is 2. The zero-order valence-corrected chi connectivity index (χ0v) is 8.83. The number of aryl methyl sites for hydroxylation is 1. The molecule has 0 unspecified atom stereocenters. The summed E-state index contributed by atoms with van der Waals surface area (Å²) in [4.78, 5) is 12.1. The molecule has 0 fully saturated rings. The standard InChI is InChI=1S/C12H10N4/c1-9-15-7-11(8-16-9)12(6-13)10-2-4-14-5-3-10/h2-5,7-8,12H,1H3/t12-/m1/s1. The quantitative estimate of drug-likeness (QED) is 0.758. The summed E-state index contributed by atoms with van der Waals surface area (Å²) in [5.41, 5.74) is 1.71. The Morgan fingerprint density at radius 3 is 2.31 bits per heavy atom. The highest BCUT2D eigenvalue weighted by atomic mass is 14.8. The van der Waals surface area contributed by atoms with E-state index in [9.17, 15) is 5.26 Å². The van der Waals surface area contributed by atoms with Gasteiger partial charge in [0.1, 0.15) is 5.82 Å². The van der Waals surface area contributed by atoms with Crippen LogP contribution in [0.3, 0.4) is 0 Å². The molecule has 2 heterocycles. The van der Waals surface area contributed by atoms with Crippen LogP contribution in [0, 0.1) is 18.3 Å². The summed E-state index contributed by atoms with van der Waals surface area (Å²) in [6.07, 6.45) is 6.73. The number of hydrogen-bond acceptors (Lipinski definition) is 4. The highest BCUT2D eigenvalue weighted by Crippen LogP contribution is 2.21. The molecule has 0 amide bonds. The van der Waals surface area contributed by atoms with Crippen LogP contribution in [0.25, 0.3) is 0 Å². The van der Waals surface area contributed by atoms with E-state index < -0.39 is 0 Å². The number of nitriles is 1. The lowest BCUT2D eigenvalue weighted by atomic mass is 9.96. The maximum absolute atomic E-state index is 9.18. The minimum Gasteiger partial charge on any atom is -0.265 e. The number of hydrogen-bond donors (Lipinski definition) is 0. The van der Waals surface area contributed by atoms with E-state index in [-0.39, 0.29) is 5.92 Å². The van der Waals surface area contributed by atoms with Crippen molar-refractivity contribution in [3.05, 3.63) is 53.9 Å². The predicted octanol–water partition coefficient (Wildman–Crippen LogP) is 1.84. The molecular weight excluding hydrogens is 200 g/mol. The van der Waals surface area contributed by atoms with Crippen LogP contribution in [0.4, 0.5) is 0 Å². The monoisotopic (exact) mass is 210 g/mol. The van der Waals surface area contributed by atoms with E-state index in [1.165, 1.54) is 0 Å². The molecule has 0 saturated heterocycles. The van der Waals surface area contributed by atoms with Crippen LogP contribution >= 0.6 is 0 Å². The van der Waals surface area contributed by atoms with Gasteiger partial charge in [0.15, 0.2) is 0 Å². The van der Waals surface area contributed by atoms with Gasteiger partial charge in [-0.25, -0.2) is 9.97 Å². The number of pyridine rings is 1. The third-order valence-electron chi connectivity index (χ3n) is 2.30. The van der Waals surface area contributed by atoms with Crippen LogP contribution in [0.1, 0.15) is 22.9 Å². The van der Waals surface area contributed by atoms with Crippen molar-refractivity contribution in [2.45, 2.75) is 12.8 Å². The normalized spacial score (nSPS) is 11.8. The van der Waals surface area contributed by atoms with Gasteiger partial charge < -0.3 is 0 Å². The molecule has 2 rings (SSSR count). The van der Waals surface area contributed by atoms with Crippen LogP contribution in [0.5, 0.6) is 0 Å². The molecule has 0 aliphatic heterocycles. The second-order valence-corrected chi connectivity index (χ2v) is 3.41. The molecule has 78 valence electrons. The topological polar surface area (TPSA) is 62.5 Å². The molecule has 0 aliphatic rings. The molecule has 0 saturated carbocycles. The summed E-state index contributed by atoms with van der Waals surface area (Å²) >= 11 is 0. The fourth-order valence-corrected chi connectivity index (χ4v) is 1.45. The average molecular weight is 210 g/mol. The Hall–Kier alpha value is -2.28. The van der Waals surface area contributed by atoms with Crippen molar-refractivity contribution in [3.8, 4) is 6.07 Å². The molecule has 0 radical (unpaired) electrons. The molecule has 0 bridgehead atoms. The molecule has 0 aromatic carbocycles. The van der Waals surface area contributed by atoms with Crippen molar-refractivity contribution in [2.75, 3.05) is 0 Å². The van der Waals surface area contributed by atoms with Gasteiger partial charge in [0.05, 0.1) is 12.0 Å². The van der Waals surface area contributed by atoms with Crippen LogP contribution in [0.2, 0.25) is 0 Å². The highest BCUT2D eigenvalue weighted by Gasteiger charge is 2.13. The van der Waals surface area contributed by atoms with Gasteiger partial charge in [0.2, 0.25) is 0 Å². The smallest absolute Gasteiger partial charge is 0.125 e. The SMILES string of the molecule is Cc1ncc([C@H](C#N)c2ccncc2)cn1. The second-order valence-electron chi connectivity index (χ2n) is 3.41. The van der Waals surface area contributed by atoms with Gasteiger partial charge in [-0.1, -0.05) is 0 Å². The van der Waals surface area contributed by atoms with E-state index >= 15 is 0 Å². The third-order valence-corrected chi connectivity index (χ3v) is 2.30. The lowest BCUT2D eigenvalue weighted by molar-refractivity contribution is 0.951. The molecule has 16 heavy (non-hydrogen) atoms. The minimum atomic E-state index is -0.330. The first-order valence-corrected chi connectivity index (χ1v) is 4.89. The van der Waals surface area contributed by atoms with Crippen LogP contribution < -0.4 is 0 Å². The van der Waals surface area contributed by atoms with Crippen LogP contribution in [0.15, 0.2) is 36.9 Å².